The lowest BCUT2D eigenvalue weighted by molar-refractivity contribution is -0.185. The molecule has 2 aromatic carbocycles. The Labute approximate surface area is 301 Å². The normalized spacial score (nSPS) is 22.4. The van der Waals surface area contributed by atoms with Crippen molar-refractivity contribution in [2.24, 2.45) is 11.8 Å². The molecule has 7 rings (SSSR count). The van der Waals surface area contributed by atoms with E-state index >= 15 is 0 Å². The summed E-state index contributed by atoms with van der Waals surface area (Å²) in [4.78, 5) is 50.9. The maximum atomic E-state index is 13.6. The van der Waals surface area contributed by atoms with Crippen LogP contribution in [0.4, 0.5) is 26.3 Å². The number of nitrogens with zero attached hydrogens (tertiary/aromatic N) is 3. The van der Waals surface area contributed by atoms with Crippen LogP contribution in [0.2, 0.25) is 0 Å². The minimum Gasteiger partial charge on any atom is -0.378 e. The van der Waals surface area contributed by atoms with Crippen LogP contribution >= 0.6 is 0 Å². The van der Waals surface area contributed by atoms with E-state index in [4.69, 9.17) is 4.98 Å². The van der Waals surface area contributed by atoms with Crippen LogP contribution in [0, 0.1) is 11.8 Å². The van der Waals surface area contributed by atoms with Gasteiger partial charge in [-0.2, -0.15) is 26.3 Å². The number of alkyl halides is 6. The highest BCUT2D eigenvalue weighted by atomic mass is 19.4. The second-order valence-corrected chi connectivity index (χ2v) is 14.7. The largest absolute Gasteiger partial charge is 0.416 e. The number of carbonyl (C=O) groups excluding carboxylic acids is 2. The Morgan fingerprint density at radius 3 is 2.32 bits per heavy atom. The lowest BCUT2D eigenvalue weighted by Gasteiger charge is -2.34. The van der Waals surface area contributed by atoms with Crippen molar-refractivity contribution in [3.05, 3.63) is 104 Å². The van der Waals surface area contributed by atoms with Gasteiger partial charge in [0.1, 0.15) is 5.82 Å². The van der Waals surface area contributed by atoms with E-state index in [1.54, 1.807) is 4.90 Å². The van der Waals surface area contributed by atoms with E-state index in [-0.39, 0.29) is 61.7 Å². The quantitative estimate of drug-likeness (QED) is 0.269. The minimum absolute atomic E-state index is 0.0116. The van der Waals surface area contributed by atoms with Crippen LogP contribution < -0.4 is 5.56 Å². The molecule has 53 heavy (non-hydrogen) atoms. The number of benzene rings is 2. The number of hydrogen-bond acceptors (Lipinski definition) is 5. The summed E-state index contributed by atoms with van der Waals surface area (Å²) in [6.07, 6.45) is -5.25. The van der Waals surface area contributed by atoms with Crippen molar-refractivity contribution >= 4 is 17.4 Å². The molecule has 4 aliphatic rings. The molecule has 8 nitrogen and oxygen atoms in total. The molecule has 2 amide bonds. The molecule has 3 aromatic rings. The van der Waals surface area contributed by atoms with Gasteiger partial charge in [0, 0.05) is 25.6 Å². The Kier molecular flexibility index (Phi) is 9.79. The number of halogens is 6. The highest BCUT2D eigenvalue weighted by Crippen LogP contribution is 2.52. The smallest absolute Gasteiger partial charge is 0.378 e. The fourth-order valence-electron chi connectivity index (χ4n) is 8.10. The first kappa shape index (κ1) is 36.9. The second kappa shape index (κ2) is 14.1. The number of rotatable bonds is 6. The standard InChI is InChI=1S/C39H40F6N4O4/c40-38(41,42)27-11-9-24(10-12-27)34(52)48-18-13-23(14-19-48)25-4-1-6-28(20-25)37(15-16-37)36-46-31-8-3-17-49(22-30(31)33(51)47-36)35(53)32(50)26-5-2-7-29(21-26)39(43,44)45/h1-2,4-7,13,20-21,24,27,32,50H,3,8-12,14-19,22H2,(H,46,47,51). The topological polar surface area (TPSA) is 107 Å². The predicted octanol–water partition coefficient (Wildman–Crippen LogP) is 6.86. The number of aliphatic hydroxyl groups excluding tert-OH is 1. The third-order valence-corrected chi connectivity index (χ3v) is 11.4. The fraction of sp³-hybridized carbons (Fsp3) is 0.487. The van der Waals surface area contributed by atoms with Crippen LogP contribution in [-0.2, 0) is 34.1 Å². The number of aromatic nitrogens is 2. The van der Waals surface area contributed by atoms with Crippen molar-refractivity contribution in [1.82, 2.24) is 19.8 Å². The van der Waals surface area contributed by atoms with Crippen LogP contribution in [0.5, 0.6) is 0 Å². The molecule has 1 atom stereocenters. The molecule has 0 saturated heterocycles. The number of carbonyl (C=O) groups is 2. The molecule has 0 spiro atoms. The highest BCUT2D eigenvalue weighted by molar-refractivity contribution is 5.82. The third-order valence-electron chi connectivity index (χ3n) is 11.4. The molecule has 14 heteroatoms. The molecule has 3 heterocycles. The SMILES string of the molecule is O=C(C1CCC(C(F)(F)F)CC1)N1CC=C(c2cccc(C3(c4nc5c(c(=O)[nH]4)CN(C(=O)C(O)c4cccc(C(F)(F)F)c4)CCC5)CC3)c2)CC1. The van der Waals surface area contributed by atoms with Crippen LogP contribution in [0.1, 0.15) is 96.8 Å². The van der Waals surface area contributed by atoms with E-state index in [0.717, 1.165) is 47.7 Å². The fourth-order valence-corrected chi connectivity index (χ4v) is 8.10. The van der Waals surface area contributed by atoms with Crippen molar-refractivity contribution in [1.29, 1.82) is 0 Å². The second-order valence-electron chi connectivity index (χ2n) is 14.7. The molecule has 0 radical (unpaired) electrons. The van der Waals surface area contributed by atoms with Gasteiger partial charge in [-0.05, 0) is 92.2 Å². The van der Waals surface area contributed by atoms with Crippen molar-refractivity contribution < 1.29 is 41.0 Å². The first-order valence-electron chi connectivity index (χ1n) is 18.1. The Hall–Kier alpha value is -4.46. The van der Waals surface area contributed by atoms with Gasteiger partial charge in [-0.25, -0.2) is 4.98 Å². The maximum absolute atomic E-state index is 13.6. The summed E-state index contributed by atoms with van der Waals surface area (Å²) >= 11 is 0. The number of fused-ring (bicyclic) bond motifs is 1. The van der Waals surface area contributed by atoms with Crippen LogP contribution in [-0.4, -0.2) is 62.5 Å². The molecular weight excluding hydrogens is 702 g/mol. The maximum Gasteiger partial charge on any atom is 0.416 e. The number of aryl methyl sites for hydroxylation is 1. The molecule has 1 aromatic heterocycles. The first-order valence-corrected chi connectivity index (χ1v) is 18.1. The molecule has 282 valence electrons. The van der Waals surface area contributed by atoms with Crippen LogP contribution in [0.15, 0.2) is 59.4 Å². The van der Waals surface area contributed by atoms with Crippen LogP contribution in [0.25, 0.3) is 5.57 Å². The third kappa shape index (κ3) is 7.52. The monoisotopic (exact) mass is 742 g/mol. The number of hydrogen-bond donors (Lipinski definition) is 2. The molecule has 2 aliphatic heterocycles. The van der Waals surface area contributed by atoms with Crippen LogP contribution in [0.3, 0.4) is 0 Å². The summed E-state index contributed by atoms with van der Waals surface area (Å²) in [5, 5.41) is 10.8. The zero-order chi connectivity index (χ0) is 37.7. The Morgan fingerprint density at radius 2 is 1.66 bits per heavy atom. The van der Waals surface area contributed by atoms with Gasteiger partial charge < -0.3 is 19.9 Å². The molecule has 2 aliphatic carbocycles. The van der Waals surface area contributed by atoms with Gasteiger partial charge in [-0.1, -0.05) is 42.5 Å². The average Bonchev–Trinajstić information content (AvgIpc) is 3.99. The summed E-state index contributed by atoms with van der Waals surface area (Å²) in [5.41, 5.74) is 1.76. The minimum atomic E-state index is -4.64. The van der Waals surface area contributed by atoms with Gasteiger partial charge in [-0.3, -0.25) is 14.4 Å². The number of nitrogens with one attached hydrogen (secondary N) is 1. The van der Waals surface area contributed by atoms with E-state index in [0.29, 0.717) is 43.9 Å². The molecule has 0 bridgehead atoms. The van der Waals surface area contributed by atoms with E-state index in [1.165, 1.54) is 11.0 Å². The molecular formula is C39H40F6N4O4. The van der Waals surface area contributed by atoms with Gasteiger partial charge in [0.05, 0.1) is 34.7 Å². The van der Waals surface area contributed by atoms with E-state index in [2.05, 4.69) is 11.1 Å². The summed E-state index contributed by atoms with van der Waals surface area (Å²) in [5.74, 6) is -2.06. The zero-order valence-electron chi connectivity index (χ0n) is 28.9. The number of amides is 2. The van der Waals surface area contributed by atoms with E-state index in [1.807, 2.05) is 24.3 Å². The zero-order valence-corrected chi connectivity index (χ0v) is 28.9. The van der Waals surface area contributed by atoms with E-state index in [9.17, 15) is 45.8 Å². The van der Waals surface area contributed by atoms with Crippen molar-refractivity contribution in [2.45, 2.75) is 88.2 Å². The summed E-state index contributed by atoms with van der Waals surface area (Å²) in [6, 6.07) is 12.0. The number of aliphatic hydroxyl groups is 1. The summed E-state index contributed by atoms with van der Waals surface area (Å²) < 4.78 is 79.1. The summed E-state index contributed by atoms with van der Waals surface area (Å²) in [6.45, 7) is 0.913. The first-order chi connectivity index (χ1) is 25.1. The van der Waals surface area contributed by atoms with Crippen molar-refractivity contribution in [3.63, 3.8) is 0 Å². The van der Waals surface area contributed by atoms with Crippen molar-refractivity contribution in [2.75, 3.05) is 19.6 Å². The molecule has 2 fully saturated rings. The number of H-pyrrole nitrogens is 1. The Balaban J connectivity index is 1.04. The molecule has 2 saturated carbocycles. The van der Waals surface area contributed by atoms with Gasteiger partial charge >= 0.3 is 12.4 Å². The van der Waals surface area contributed by atoms with Gasteiger partial charge in [0.15, 0.2) is 6.10 Å². The number of aromatic amines is 1. The van der Waals surface area contributed by atoms with Gasteiger partial charge in [0.2, 0.25) is 5.91 Å². The van der Waals surface area contributed by atoms with Gasteiger partial charge in [0.25, 0.3) is 11.5 Å². The molecule has 1 unspecified atom stereocenters. The lowest BCUT2D eigenvalue weighted by Crippen LogP contribution is -2.41. The van der Waals surface area contributed by atoms with Gasteiger partial charge in [-0.15, -0.1) is 0 Å². The highest BCUT2D eigenvalue weighted by Gasteiger charge is 2.49. The Morgan fingerprint density at radius 1 is 0.925 bits per heavy atom. The lowest BCUT2D eigenvalue weighted by atomic mass is 9.81. The Bertz CT molecular complexity index is 1980. The van der Waals surface area contributed by atoms with E-state index < -0.39 is 46.8 Å². The average molecular weight is 743 g/mol. The van der Waals surface area contributed by atoms with Crippen molar-refractivity contribution in [3.8, 4) is 0 Å². The predicted molar refractivity (Wildman–Crippen MR) is 182 cm³/mol. The molecule has 2 N–H and O–H groups in total. The summed E-state index contributed by atoms with van der Waals surface area (Å²) in [7, 11) is 0.